The third kappa shape index (κ3) is 9.68. The van der Waals surface area contributed by atoms with Crippen molar-refractivity contribution in [2.45, 2.75) is 129 Å². The molecular formula is C56H68F4N12O4. The number of hydrogen-bond acceptors (Lipinski definition) is 10. The van der Waals surface area contributed by atoms with E-state index in [4.69, 9.17) is 19.7 Å². The van der Waals surface area contributed by atoms with E-state index in [0.29, 0.717) is 87.9 Å². The molecule has 10 heterocycles. The molecular weight excluding hydrogens is 981 g/mol. The number of alkyl halides is 4. The van der Waals surface area contributed by atoms with Gasteiger partial charge in [-0.25, -0.2) is 17.6 Å². The first-order valence-corrected chi connectivity index (χ1v) is 27.0. The number of ether oxygens (including phenoxy) is 2. The highest BCUT2D eigenvalue weighted by molar-refractivity contribution is 5.80. The lowest BCUT2D eigenvalue weighted by atomic mass is 9.87. The highest BCUT2D eigenvalue weighted by Crippen LogP contribution is 2.49. The van der Waals surface area contributed by atoms with Crippen LogP contribution in [-0.2, 0) is 59.1 Å². The maximum absolute atomic E-state index is 14.5. The van der Waals surface area contributed by atoms with Crippen LogP contribution >= 0.6 is 0 Å². The molecule has 20 heteroatoms. The van der Waals surface area contributed by atoms with E-state index >= 15 is 0 Å². The van der Waals surface area contributed by atoms with Crippen molar-refractivity contribution < 1.29 is 36.6 Å². The lowest BCUT2D eigenvalue weighted by Gasteiger charge is -2.35. The second kappa shape index (κ2) is 21.1. The van der Waals surface area contributed by atoms with Crippen LogP contribution in [0, 0.1) is 0 Å². The van der Waals surface area contributed by atoms with Crippen LogP contribution in [0.4, 0.5) is 40.6 Å². The second-order valence-electron chi connectivity index (χ2n) is 21.5. The average molecular weight is 1050 g/mol. The number of amides is 2. The van der Waals surface area contributed by atoms with E-state index in [1.165, 1.54) is 0 Å². The SMILES string of the molecule is CC(=O)N1CCc2c(c(N3CC[C@@H](C)c4cc(-c5cnn(C)c5)c(C(F)F)cc43)nn2C2CCOCC2)C1.CC(=O)N1CCc2c(c(N3CC[C@H](C)c4cc(-c5cnn(C)c5)c(C(F)F)cc43)nn2C2CCOCC2)C1. The predicted octanol–water partition coefficient (Wildman–Crippen LogP) is 10.2. The quantitative estimate of drug-likeness (QED) is 0.136. The molecule has 0 radical (unpaired) electrons. The fourth-order valence-corrected chi connectivity index (χ4v) is 12.4. The van der Waals surface area contributed by atoms with Gasteiger partial charge in [-0.1, -0.05) is 13.8 Å². The number of anilines is 4. The molecule has 0 aliphatic carbocycles. The summed E-state index contributed by atoms with van der Waals surface area (Å²) in [5.74, 6) is 2.08. The highest BCUT2D eigenvalue weighted by Gasteiger charge is 2.38. The number of aromatic nitrogens is 8. The number of carbonyl (C=O) groups excluding carboxylic acids is 2. The third-order valence-corrected chi connectivity index (χ3v) is 16.7. The third-order valence-electron chi connectivity index (χ3n) is 16.7. The Bertz CT molecular complexity index is 2930. The van der Waals surface area contributed by atoms with Gasteiger partial charge < -0.3 is 29.1 Å². The molecule has 0 unspecified atom stereocenters. The van der Waals surface area contributed by atoms with Crippen LogP contribution < -0.4 is 9.80 Å². The van der Waals surface area contributed by atoms with Gasteiger partial charge in [0.2, 0.25) is 11.8 Å². The van der Waals surface area contributed by atoms with E-state index in [-0.39, 0.29) is 46.9 Å². The van der Waals surface area contributed by atoms with Crippen molar-refractivity contribution in [2.24, 2.45) is 14.1 Å². The summed E-state index contributed by atoms with van der Waals surface area (Å²) in [5.41, 5.74) is 10.5. The van der Waals surface area contributed by atoms with E-state index in [0.717, 1.165) is 108 Å². The summed E-state index contributed by atoms with van der Waals surface area (Å²) in [6, 6.07) is 7.64. The number of fused-ring (bicyclic) bond motifs is 4. The molecule has 2 saturated heterocycles. The molecule has 6 aliphatic rings. The Balaban J connectivity index is 0.000000162. The summed E-state index contributed by atoms with van der Waals surface area (Å²) in [4.78, 5) is 32.6. The smallest absolute Gasteiger partial charge is 0.264 e. The minimum Gasteiger partial charge on any atom is -0.381 e. The largest absolute Gasteiger partial charge is 0.381 e. The molecule has 0 bridgehead atoms. The van der Waals surface area contributed by atoms with Gasteiger partial charge in [0.05, 0.1) is 37.6 Å². The Morgan fingerprint density at radius 3 is 1.32 bits per heavy atom. The number of nitrogens with zero attached hydrogens (tertiary/aromatic N) is 12. The Kier molecular flexibility index (Phi) is 14.3. The van der Waals surface area contributed by atoms with Crippen LogP contribution in [0.1, 0.15) is 148 Å². The normalized spacial score (nSPS) is 20.1. The number of aryl methyl sites for hydroxylation is 2. The molecule has 4 aromatic heterocycles. The number of rotatable bonds is 8. The van der Waals surface area contributed by atoms with Crippen LogP contribution in [-0.4, -0.2) is 113 Å². The lowest BCUT2D eigenvalue weighted by molar-refractivity contribution is -0.130. The molecule has 0 saturated carbocycles. The zero-order chi connectivity index (χ0) is 53.1. The molecule has 12 rings (SSSR count). The van der Waals surface area contributed by atoms with E-state index in [9.17, 15) is 27.2 Å². The van der Waals surface area contributed by atoms with Crippen LogP contribution in [0.15, 0.2) is 49.1 Å². The number of hydrogen-bond donors (Lipinski definition) is 0. The molecule has 2 fully saturated rings. The molecule has 2 atom stereocenters. The van der Waals surface area contributed by atoms with Gasteiger partial charge in [-0.2, -0.15) is 20.4 Å². The van der Waals surface area contributed by atoms with Crippen LogP contribution in [0.3, 0.4) is 0 Å². The van der Waals surface area contributed by atoms with E-state index < -0.39 is 12.9 Å². The maximum Gasteiger partial charge on any atom is 0.264 e. The lowest BCUT2D eigenvalue weighted by Crippen LogP contribution is -2.36. The van der Waals surface area contributed by atoms with Crippen molar-refractivity contribution in [3.8, 4) is 22.3 Å². The van der Waals surface area contributed by atoms with Crippen molar-refractivity contribution in [2.75, 3.05) is 62.4 Å². The van der Waals surface area contributed by atoms with Crippen LogP contribution in [0.5, 0.6) is 0 Å². The van der Waals surface area contributed by atoms with Crippen LogP contribution in [0.25, 0.3) is 22.3 Å². The minimum atomic E-state index is -2.63. The van der Waals surface area contributed by atoms with Crippen molar-refractivity contribution >= 4 is 34.8 Å². The Morgan fingerprint density at radius 2 is 0.974 bits per heavy atom. The monoisotopic (exact) mass is 1050 g/mol. The van der Waals surface area contributed by atoms with E-state index in [2.05, 4.69) is 43.2 Å². The zero-order valence-corrected chi connectivity index (χ0v) is 44.3. The first kappa shape index (κ1) is 51.6. The number of carbonyl (C=O) groups is 2. The molecule has 6 aromatic rings. The second-order valence-corrected chi connectivity index (χ2v) is 21.5. The van der Waals surface area contributed by atoms with Gasteiger partial charge in [-0.15, -0.1) is 0 Å². The summed E-state index contributed by atoms with van der Waals surface area (Å²) in [6.45, 7) is 14.0. The summed E-state index contributed by atoms with van der Waals surface area (Å²) >= 11 is 0. The van der Waals surface area contributed by atoms with Gasteiger partial charge in [0.1, 0.15) is 0 Å². The Labute approximate surface area is 440 Å². The molecule has 404 valence electrons. The summed E-state index contributed by atoms with van der Waals surface area (Å²) in [7, 11) is 3.58. The first-order valence-electron chi connectivity index (χ1n) is 27.0. The topological polar surface area (TPSA) is 137 Å². The molecule has 2 aromatic carbocycles. The predicted molar refractivity (Wildman–Crippen MR) is 280 cm³/mol. The van der Waals surface area contributed by atoms with Gasteiger partial charge in [0, 0.05) is 162 Å². The molecule has 76 heavy (non-hydrogen) atoms. The van der Waals surface area contributed by atoms with Gasteiger partial charge >= 0.3 is 0 Å². The Morgan fingerprint density at radius 1 is 0.579 bits per heavy atom. The van der Waals surface area contributed by atoms with Gasteiger partial charge in [-0.05, 0) is 96.9 Å². The minimum absolute atomic E-state index is 0.000980. The average Bonchev–Trinajstić information content (AvgIpc) is 4.24. The summed E-state index contributed by atoms with van der Waals surface area (Å²) < 4.78 is 76.6. The molecule has 6 aliphatic heterocycles. The van der Waals surface area contributed by atoms with E-state index in [1.54, 1.807) is 74.2 Å². The number of benzene rings is 2. The summed E-state index contributed by atoms with van der Waals surface area (Å²) in [5, 5.41) is 18.7. The van der Waals surface area contributed by atoms with Gasteiger partial charge in [0.25, 0.3) is 12.9 Å². The molecule has 0 N–H and O–H groups in total. The van der Waals surface area contributed by atoms with Gasteiger partial charge in [-0.3, -0.25) is 28.3 Å². The highest BCUT2D eigenvalue weighted by atomic mass is 19.3. The first-order chi connectivity index (χ1) is 36.6. The maximum atomic E-state index is 14.5. The van der Waals surface area contributed by atoms with Crippen molar-refractivity contribution in [3.63, 3.8) is 0 Å². The number of halogens is 4. The van der Waals surface area contributed by atoms with Crippen LogP contribution in [0.2, 0.25) is 0 Å². The molecule has 16 nitrogen and oxygen atoms in total. The molecule has 2 amide bonds. The Hall–Kier alpha value is -6.54. The molecule has 0 spiro atoms. The fraction of sp³-hybridized carbons (Fsp3) is 0.536. The summed E-state index contributed by atoms with van der Waals surface area (Å²) in [6.07, 6.45) is 8.37. The zero-order valence-electron chi connectivity index (χ0n) is 44.3. The fourth-order valence-electron chi connectivity index (χ4n) is 12.4. The van der Waals surface area contributed by atoms with Crippen molar-refractivity contribution in [1.29, 1.82) is 0 Å². The van der Waals surface area contributed by atoms with Crippen molar-refractivity contribution in [1.82, 2.24) is 48.9 Å². The van der Waals surface area contributed by atoms with Crippen molar-refractivity contribution in [3.05, 3.63) is 93.8 Å². The van der Waals surface area contributed by atoms with E-state index in [1.807, 2.05) is 21.9 Å². The van der Waals surface area contributed by atoms with Gasteiger partial charge in [0.15, 0.2) is 11.6 Å². The standard InChI is InChI=1S/2C28H34F2N6O2/c2*1-17-4-9-35(26-13-23(27(29)30)22(12-21(17)26)19-14-31-33(3)15-19)28-24-16-34(18(2)37)8-5-25(24)36(32-28)20-6-10-38-11-7-20/h2*12-15,17,20,27H,4-11,16H2,1-3H3/t2*17-/m10/s1.